The Morgan fingerprint density at radius 3 is 2.78 bits per heavy atom. The topological polar surface area (TPSA) is 73.6 Å². The monoisotopic (exact) mass is 316 g/mol. The maximum atomic E-state index is 12.1. The summed E-state index contributed by atoms with van der Waals surface area (Å²) in [5.41, 5.74) is 1.37. The number of aromatic nitrogens is 1. The lowest BCUT2D eigenvalue weighted by Gasteiger charge is -2.22. The standard InChI is InChI=1S/C17H20N2O4/c20-17(18-14-6-8-21-9-7-14)16-10-15(23-19-16)12-22-11-13-4-2-1-3-5-13/h1-5,10,14H,6-9,11-12H2,(H,18,20). The van der Waals surface area contributed by atoms with Crippen LogP contribution < -0.4 is 5.32 Å². The van der Waals surface area contributed by atoms with Gasteiger partial charge in [-0.15, -0.1) is 0 Å². The van der Waals surface area contributed by atoms with Crippen LogP contribution in [0.1, 0.15) is 34.7 Å². The first kappa shape index (κ1) is 15.7. The highest BCUT2D eigenvalue weighted by Gasteiger charge is 2.19. The van der Waals surface area contributed by atoms with Gasteiger partial charge in [0.1, 0.15) is 6.61 Å². The molecular weight excluding hydrogens is 296 g/mol. The SMILES string of the molecule is O=C(NC1CCOCC1)c1cc(COCc2ccccc2)on1. The quantitative estimate of drug-likeness (QED) is 0.885. The van der Waals surface area contributed by atoms with Crippen molar-refractivity contribution >= 4 is 5.91 Å². The molecule has 2 heterocycles. The fourth-order valence-electron chi connectivity index (χ4n) is 2.43. The molecule has 0 spiro atoms. The summed E-state index contributed by atoms with van der Waals surface area (Å²) in [5.74, 6) is 0.327. The van der Waals surface area contributed by atoms with E-state index in [1.54, 1.807) is 6.07 Å². The number of hydrogen-bond acceptors (Lipinski definition) is 5. The molecule has 0 radical (unpaired) electrons. The van der Waals surface area contributed by atoms with Crippen LogP contribution in [0.25, 0.3) is 0 Å². The van der Waals surface area contributed by atoms with Crippen molar-refractivity contribution in [1.82, 2.24) is 10.5 Å². The smallest absolute Gasteiger partial charge is 0.273 e. The second-order valence-electron chi connectivity index (χ2n) is 5.52. The van der Waals surface area contributed by atoms with Crippen molar-refractivity contribution in [3.05, 3.63) is 53.4 Å². The zero-order valence-electron chi connectivity index (χ0n) is 12.9. The summed E-state index contributed by atoms with van der Waals surface area (Å²) >= 11 is 0. The number of amides is 1. The number of carbonyl (C=O) groups excluding carboxylic acids is 1. The van der Waals surface area contributed by atoms with E-state index >= 15 is 0 Å². The molecule has 1 aromatic heterocycles. The lowest BCUT2D eigenvalue weighted by atomic mass is 10.1. The van der Waals surface area contributed by atoms with E-state index in [0.717, 1.165) is 18.4 Å². The highest BCUT2D eigenvalue weighted by Crippen LogP contribution is 2.10. The molecule has 0 bridgehead atoms. The summed E-state index contributed by atoms with van der Waals surface area (Å²) in [7, 11) is 0. The van der Waals surface area contributed by atoms with Gasteiger partial charge in [-0.2, -0.15) is 0 Å². The minimum Gasteiger partial charge on any atom is -0.381 e. The summed E-state index contributed by atoms with van der Waals surface area (Å²) in [6.07, 6.45) is 1.66. The molecule has 0 saturated carbocycles. The Morgan fingerprint density at radius 2 is 2.00 bits per heavy atom. The van der Waals surface area contributed by atoms with Gasteiger partial charge in [0.2, 0.25) is 0 Å². The molecule has 1 N–H and O–H groups in total. The molecule has 0 aliphatic carbocycles. The van der Waals surface area contributed by atoms with Crippen LogP contribution in [0.15, 0.2) is 40.9 Å². The van der Waals surface area contributed by atoms with E-state index in [1.165, 1.54) is 0 Å². The maximum Gasteiger partial charge on any atom is 0.273 e. The largest absolute Gasteiger partial charge is 0.381 e. The lowest BCUT2D eigenvalue weighted by molar-refractivity contribution is 0.0691. The Labute approximate surface area is 134 Å². The third-order valence-electron chi connectivity index (χ3n) is 3.70. The third-order valence-corrected chi connectivity index (χ3v) is 3.70. The van der Waals surface area contributed by atoms with E-state index in [4.69, 9.17) is 14.0 Å². The van der Waals surface area contributed by atoms with Crippen molar-refractivity contribution in [1.29, 1.82) is 0 Å². The lowest BCUT2D eigenvalue weighted by Crippen LogP contribution is -2.39. The van der Waals surface area contributed by atoms with Crippen LogP contribution in [-0.2, 0) is 22.7 Å². The van der Waals surface area contributed by atoms with Gasteiger partial charge in [0.15, 0.2) is 11.5 Å². The highest BCUT2D eigenvalue weighted by atomic mass is 16.5. The van der Waals surface area contributed by atoms with Crippen LogP contribution in [0.3, 0.4) is 0 Å². The van der Waals surface area contributed by atoms with Crippen molar-refractivity contribution in [3.8, 4) is 0 Å². The van der Waals surface area contributed by atoms with Gasteiger partial charge in [-0.05, 0) is 18.4 Å². The molecule has 1 amide bonds. The number of nitrogens with zero attached hydrogens (tertiary/aromatic N) is 1. The number of rotatable bonds is 6. The van der Waals surface area contributed by atoms with Gasteiger partial charge in [0, 0.05) is 25.3 Å². The van der Waals surface area contributed by atoms with Crippen LogP contribution in [-0.4, -0.2) is 30.3 Å². The van der Waals surface area contributed by atoms with Crippen molar-refractivity contribution in [3.63, 3.8) is 0 Å². The summed E-state index contributed by atoms with van der Waals surface area (Å²) in [6, 6.07) is 11.6. The van der Waals surface area contributed by atoms with Crippen LogP contribution >= 0.6 is 0 Å². The second-order valence-corrected chi connectivity index (χ2v) is 5.52. The van der Waals surface area contributed by atoms with E-state index in [1.807, 2.05) is 30.3 Å². The number of hydrogen-bond donors (Lipinski definition) is 1. The average molecular weight is 316 g/mol. The normalized spacial score (nSPS) is 15.5. The van der Waals surface area contributed by atoms with Gasteiger partial charge in [0.25, 0.3) is 5.91 Å². The number of benzene rings is 1. The first-order chi connectivity index (χ1) is 11.3. The summed E-state index contributed by atoms with van der Waals surface area (Å²) in [6.45, 7) is 2.14. The summed E-state index contributed by atoms with van der Waals surface area (Å²) in [4.78, 5) is 12.1. The molecule has 6 nitrogen and oxygen atoms in total. The molecule has 1 aromatic carbocycles. The van der Waals surface area contributed by atoms with Gasteiger partial charge in [-0.1, -0.05) is 35.5 Å². The van der Waals surface area contributed by atoms with Gasteiger partial charge in [-0.25, -0.2) is 0 Å². The molecule has 1 fully saturated rings. The van der Waals surface area contributed by atoms with Crippen molar-refractivity contribution in [2.45, 2.75) is 32.1 Å². The zero-order chi connectivity index (χ0) is 15.9. The van der Waals surface area contributed by atoms with Gasteiger partial charge >= 0.3 is 0 Å². The van der Waals surface area contributed by atoms with E-state index in [9.17, 15) is 4.79 Å². The molecule has 2 aromatic rings. The fraction of sp³-hybridized carbons (Fsp3) is 0.412. The van der Waals surface area contributed by atoms with E-state index < -0.39 is 0 Å². The van der Waals surface area contributed by atoms with Crippen LogP contribution in [0.2, 0.25) is 0 Å². The summed E-state index contributed by atoms with van der Waals surface area (Å²) < 4.78 is 16.0. The van der Waals surface area contributed by atoms with Crippen LogP contribution in [0, 0.1) is 0 Å². The zero-order valence-corrected chi connectivity index (χ0v) is 12.9. The van der Waals surface area contributed by atoms with Crippen molar-refractivity contribution < 1.29 is 18.8 Å². The minimum absolute atomic E-state index is 0.144. The molecule has 6 heteroatoms. The highest BCUT2D eigenvalue weighted by molar-refractivity contribution is 5.92. The molecule has 0 atom stereocenters. The molecule has 23 heavy (non-hydrogen) atoms. The molecule has 3 rings (SSSR count). The minimum atomic E-state index is -0.213. The Morgan fingerprint density at radius 1 is 1.22 bits per heavy atom. The maximum absolute atomic E-state index is 12.1. The fourth-order valence-corrected chi connectivity index (χ4v) is 2.43. The van der Waals surface area contributed by atoms with E-state index in [2.05, 4.69) is 10.5 Å². The predicted molar refractivity (Wildman–Crippen MR) is 82.7 cm³/mol. The summed E-state index contributed by atoms with van der Waals surface area (Å²) in [5, 5.41) is 6.76. The Kier molecular flexibility index (Phi) is 5.39. The Hall–Kier alpha value is -2.18. The van der Waals surface area contributed by atoms with E-state index in [0.29, 0.717) is 25.6 Å². The van der Waals surface area contributed by atoms with Gasteiger partial charge < -0.3 is 19.3 Å². The number of nitrogens with one attached hydrogen (secondary N) is 1. The van der Waals surface area contributed by atoms with Crippen molar-refractivity contribution in [2.75, 3.05) is 13.2 Å². The number of ether oxygens (including phenoxy) is 2. The van der Waals surface area contributed by atoms with Crippen LogP contribution in [0.5, 0.6) is 0 Å². The van der Waals surface area contributed by atoms with Gasteiger partial charge in [0.05, 0.1) is 6.61 Å². The second kappa shape index (κ2) is 7.89. The Balaban J connectivity index is 1.46. The molecule has 1 aliphatic rings. The molecule has 1 aliphatic heterocycles. The molecule has 1 saturated heterocycles. The number of carbonyl (C=O) groups is 1. The first-order valence-corrected chi connectivity index (χ1v) is 7.77. The van der Waals surface area contributed by atoms with Crippen molar-refractivity contribution in [2.24, 2.45) is 0 Å². The predicted octanol–water partition coefficient (Wildman–Crippen LogP) is 2.30. The Bertz CT molecular complexity index is 621. The van der Waals surface area contributed by atoms with E-state index in [-0.39, 0.29) is 24.2 Å². The molecular formula is C17H20N2O4. The van der Waals surface area contributed by atoms with Crippen LogP contribution in [0.4, 0.5) is 0 Å². The van der Waals surface area contributed by atoms with Gasteiger partial charge in [-0.3, -0.25) is 4.79 Å². The molecule has 0 unspecified atom stereocenters. The first-order valence-electron chi connectivity index (χ1n) is 7.77. The average Bonchev–Trinajstić information content (AvgIpc) is 3.06. The third kappa shape index (κ3) is 4.64. The molecule has 122 valence electrons.